The fourth-order valence-electron chi connectivity index (χ4n) is 1.40. The van der Waals surface area contributed by atoms with E-state index in [0.29, 0.717) is 5.69 Å². The number of ether oxygens (including phenoxy) is 1. The van der Waals surface area contributed by atoms with Crippen molar-refractivity contribution in [2.45, 2.75) is 26.4 Å². The zero-order valence-corrected chi connectivity index (χ0v) is 12.3. The van der Waals surface area contributed by atoms with Crippen molar-refractivity contribution in [2.24, 2.45) is 0 Å². The van der Waals surface area contributed by atoms with Crippen LogP contribution in [0.25, 0.3) is 0 Å². The zero-order chi connectivity index (χ0) is 15.9. The number of hydrogen-bond acceptors (Lipinski definition) is 3. The average molecular weight is 297 g/mol. The van der Waals surface area contributed by atoms with Gasteiger partial charge in [0.05, 0.1) is 0 Å². The number of alkyl carbamates (subject to hydrolysis) is 1. The molecule has 116 valence electrons. The first-order valence-electron chi connectivity index (χ1n) is 6.53. The maximum atomic E-state index is 12.9. The Hall–Kier alpha value is -2.31. The van der Waals surface area contributed by atoms with Crippen LogP contribution in [0.5, 0.6) is 0 Å². The minimum Gasteiger partial charge on any atom is -0.444 e. The molecule has 0 saturated heterocycles. The maximum Gasteiger partial charge on any atom is 0.407 e. The van der Waals surface area contributed by atoms with E-state index in [2.05, 4.69) is 16.0 Å². The summed E-state index contributed by atoms with van der Waals surface area (Å²) in [7, 11) is 0. The molecule has 3 amide bonds. The van der Waals surface area contributed by atoms with Gasteiger partial charge in [0.25, 0.3) is 0 Å². The number of benzene rings is 1. The van der Waals surface area contributed by atoms with Gasteiger partial charge >= 0.3 is 12.1 Å². The second-order valence-corrected chi connectivity index (χ2v) is 5.32. The summed E-state index contributed by atoms with van der Waals surface area (Å²) < 4.78 is 17.9. The second-order valence-electron chi connectivity index (χ2n) is 5.32. The van der Waals surface area contributed by atoms with Crippen molar-refractivity contribution in [1.82, 2.24) is 10.6 Å². The highest BCUT2D eigenvalue weighted by Gasteiger charge is 2.15. The number of nitrogens with one attached hydrogen (secondary N) is 3. The molecule has 0 fully saturated rings. The average Bonchev–Trinajstić information content (AvgIpc) is 2.32. The van der Waals surface area contributed by atoms with Gasteiger partial charge in [-0.1, -0.05) is 6.07 Å². The van der Waals surface area contributed by atoms with Crippen LogP contribution >= 0.6 is 0 Å². The van der Waals surface area contributed by atoms with E-state index in [4.69, 9.17) is 4.74 Å². The van der Waals surface area contributed by atoms with Crippen LogP contribution in [0.3, 0.4) is 0 Å². The molecule has 21 heavy (non-hydrogen) atoms. The molecule has 0 saturated carbocycles. The molecule has 0 bridgehead atoms. The molecule has 6 nitrogen and oxygen atoms in total. The van der Waals surface area contributed by atoms with Crippen molar-refractivity contribution in [3.63, 3.8) is 0 Å². The fraction of sp³-hybridized carbons (Fsp3) is 0.429. The van der Waals surface area contributed by atoms with E-state index in [1.165, 1.54) is 18.2 Å². The minimum atomic E-state index is -0.563. The molecule has 0 heterocycles. The summed E-state index contributed by atoms with van der Waals surface area (Å²) in [5.41, 5.74) is -0.209. The monoisotopic (exact) mass is 297 g/mol. The van der Waals surface area contributed by atoms with Gasteiger partial charge in [0.1, 0.15) is 11.4 Å². The lowest BCUT2D eigenvalue weighted by Crippen LogP contribution is -2.39. The number of hydrogen-bond donors (Lipinski definition) is 3. The smallest absolute Gasteiger partial charge is 0.407 e. The molecular weight excluding hydrogens is 277 g/mol. The number of amides is 3. The molecular formula is C14H20FN3O3. The van der Waals surface area contributed by atoms with Crippen LogP contribution in [-0.4, -0.2) is 30.8 Å². The molecule has 1 aromatic carbocycles. The summed E-state index contributed by atoms with van der Waals surface area (Å²) in [5.74, 6) is -0.431. The minimum absolute atomic E-state index is 0.223. The SMILES string of the molecule is CC(C)(C)OC(=O)NCCNC(=O)Nc1cccc(F)c1. The number of carbonyl (C=O) groups excluding carboxylic acids is 2. The number of rotatable bonds is 4. The van der Waals surface area contributed by atoms with E-state index in [1.54, 1.807) is 26.8 Å². The van der Waals surface area contributed by atoms with Crippen molar-refractivity contribution in [3.8, 4) is 0 Å². The van der Waals surface area contributed by atoms with E-state index in [-0.39, 0.29) is 13.1 Å². The standard InChI is InChI=1S/C14H20FN3O3/c1-14(2,3)21-13(20)17-8-7-16-12(19)18-11-6-4-5-10(15)9-11/h4-6,9H,7-8H2,1-3H3,(H,17,20)(H2,16,18,19). The Balaban J connectivity index is 2.21. The highest BCUT2D eigenvalue weighted by molar-refractivity contribution is 5.89. The predicted molar refractivity (Wildman–Crippen MR) is 77.7 cm³/mol. The largest absolute Gasteiger partial charge is 0.444 e. The van der Waals surface area contributed by atoms with Crippen LogP contribution < -0.4 is 16.0 Å². The molecule has 0 aromatic heterocycles. The van der Waals surface area contributed by atoms with Crippen LogP contribution in [0.15, 0.2) is 24.3 Å². The lowest BCUT2D eigenvalue weighted by atomic mass is 10.2. The Morgan fingerprint density at radius 3 is 2.48 bits per heavy atom. The zero-order valence-electron chi connectivity index (χ0n) is 12.3. The Bertz CT molecular complexity index is 500. The van der Waals surface area contributed by atoms with Crippen molar-refractivity contribution in [1.29, 1.82) is 0 Å². The summed E-state index contributed by atoms with van der Waals surface area (Å²) in [6.45, 7) is 5.73. The maximum absolute atomic E-state index is 12.9. The van der Waals surface area contributed by atoms with Crippen molar-refractivity contribution >= 4 is 17.8 Å². The van der Waals surface area contributed by atoms with Crippen molar-refractivity contribution < 1.29 is 18.7 Å². The summed E-state index contributed by atoms with van der Waals surface area (Å²) in [5, 5.41) is 7.51. The van der Waals surface area contributed by atoms with Gasteiger partial charge in [0.2, 0.25) is 0 Å². The Morgan fingerprint density at radius 1 is 1.19 bits per heavy atom. The number of carbonyl (C=O) groups is 2. The van der Waals surface area contributed by atoms with Crippen molar-refractivity contribution in [3.05, 3.63) is 30.1 Å². The Kier molecular flexibility index (Phi) is 5.95. The highest BCUT2D eigenvalue weighted by Crippen LogP contribution is 2.08. The quantitative estimate of drug-likeness (QED) is 0.747. The molecule has 7 heteroatoms. The third kappa shape index (κ3) is 7.76. The van der Waals surface area contributed by atoms with Gasteiger partial charge < -0.3 is 20.7 Å². The molecule has 3 N–H and O–H groups in total. The summed E-state index contributed by atoms with van der Waals surface area (Å²) in [6.07, 6.45) is -0.546. The van der Waals surface area contributed by atoms with Crippen LogP contribution in [0.1, 0.15) is 20.8 Å². The first kappa shape index (κ1) is 16.7. The molecule has 0 atom stereocenters. The van der Waals surface area contributed by atoms with Gasteiger partial charge in [-0.15, -0.1) is 0 Å². The van der Waals surface area contributed by atoms with Crippen LogP contribution in [0.2, 0.25) is 0 Å². The molecule has 1 aromatic rings. The van der Waals surface area contributed by atoms with E-state index in [9.17, 15) is 14.0 Å². The van der Waals surface area contributed by atoms with Gasteiger partial charge in [0.15, 0.2) is 0 Å². The first-order chi connectivity index (χ1) is 9.76. The number of urea groups is 1. The predicted octanol–water partition coefficient (Wildman–Crippen LogP) is 2.47. The lowest BCUT2D eigenvalue weighted by Gasteiger charge is -2.19. The number of anilines is 1. The van der Waals surface area contributed by atoms with E-state index in [1.807, 2.05) is 0 Å². The van der Waals surface area contributed by atoms with Crippen LogP contribution in [0.4, 0.5) is 19.7 Å². The van der Waals surface area contributed by atoms with Gasteiger partial charge in [0, 0.05) is 18.8 Å². The van der Waals surface area contributed by atoms with Crippen LogP contribution in [0, 0.1) is 5.82 Å². The van der Waals surface area contributed by atoms with Gasteiger partial charge in [-0.25, -0.2) is 14.0 Å². The Labute approximate surface area is 123 Å². The normalized spacial score (nSPS) is 10.7. The number of halogens is 1. The van der Waals surface area contributed by atoms with E-state index >= 15 is 0 Å². The van der Waals surface area contributed by atoms with Crippen LogP contribution in [-0.2, 0) is 4.74 Å². The van der Waals surface area contributed by atoms with Gasteiger partial charge in [-0.3, -0.25) is 0 Å². The third-order valence-electron chi connectivity index (χ3n) is 2.16. The van der Waals surface area contributed by atoms with Gasteiger partial charge in [-0.05, 0) is 39.0 Å². The molecule has 0 aliphatic carbocycles. The van der Waals surface area contributed by atoms with Crippen molar-refractivity contribution in [2.75, 3.05) is 18.4 Å². The topological polar surface area (TPSA) is 79.5 Å². The molecule has 0 unspecified atom stereocenters. The summed E-state index contributed by atoms with van der Waals surface area (Å²) >= 11 is 0. The molecule has 0 spiro atoms. The third-order valence-corrected chi connectivity index (χ3v) is 2.16. The molecule has 0 radical (unpaired) electrons. The molecule has 0 aliphatic heterocycles. The van der Waals surface area contributed by atoms with Gasteiger partial charge in [-0.2, -0.15) is 0 Å². The first-order valence-corrected chi connectivity index (χ1v) is 6.53. The van der Waals surface area contributed by atoms with E-state index < -0.39 is 23.5 Å². The Morgan fingerprint density at radius 2 is 1.86 bits per heavy atom. The fourth-order valence-corrected chi connectivity index (χ4v) is 1.40. The lowest BCUT2D eigenvalue weighted by molar-refractivity contribution is 0.0528. The molecule has 1 rings (SSSR count). The highest BCUT2D eigenvalue weighted by atomic mass is 19.1. The van der Waals surface area contributed by atoms with E-state index in [0.717, 1.165) is 0 Å². The molecule has 0 aliphatic rings. The summed E-state index contributed by atoms with van der Waals surface area (Å²) in [6, 6.07) is 5.08. The summed E-state index contributed by atoms with van der Waals surface area (Å²) in [4.78, 5) is 22.8. The second kappa shape index (κ2) is 7.47.